The molecule has 3 heteroatoms. The van der Waals surface area contributed by atoms with E-state index < -0.39 is 0 Å². The van der Waals surface area contributed by atoms with E-state index in [1.54, 1.807) is 12.1 Å². The number of nitrogens with one attached hydrogen (secondary N) is 1. The summed E-state index contributed by atoms with van der Waals surface area (Å²) in [5.41, 5.74) is 3.89. The molecule has 0 aliphatic rings. The molecular weight excluding hydrogens is 334 g/mol. The van der Waals surface area contributed by atoms with Crippen LogP contribution < -0.4 is 10.1 Å². The third kappa shape index (κ3) is 5.45. The monoisotopic (exact) mass is 359 g/mol. The second kappa shape index (κ2) is 9.04. The van der Waals surface area contributed by atoms with Crippen molar-refractivity contribution in [2.45, 2.75) is 33.1 Å². The number of benzene rings is 3. The van der Waals surface area contributed by atoms with Crippen LogP contribution >= 0.6 is 0 Å². The molecule has 0 fully saturated rings. The normalized spacial score (nSPS) is 10.4. The molecule has 0 radical (unpaired) electrons. The highest BCUT2D eigenvalue weighted by Gasteiger charge is 2.07. The first kappa shape index (κ1) is 18.7. The van der Waals surface area contributed by atoms with Crippen molar-refractivity contribution in [3.63, 3.8) is 0 Å². The van der Waals surface area contributed by atoms with Gasteiger partial charge in [0.2, 0.25) is 0 Å². The molecule has 0 aromatic heterocycles. The van der Waals surface area contributed by atoms with Crippen molar-refractivity contribution >= 4 is 11.6 Å². The van der Waals surface area contributed by atoms with Crippen LogP contribution in [0.1, 0.15) is 41.3 Å². The molecule has 3 rings (SSSR count). The summed E-state index contributed by atoms with van der Waals surface area (Å²) in [6, 6.07) is 23.1. The minimum atomic E-state index is -0.127. The summed E-state index contributed by atoms with van der Waals surface area (Å²) in [4.78, 5) is 12.4. The molecule has 0 unspecified atom stereocenters. The standard InChI is InChI=1S/C24H25NO2/c1-3-4-5-19-8-12-21(13-9-19)25-24(26)20-10-16-23(17-11-20)27-22-14-6-18(2)7-15-22/h6-17H,3-5H2,1-2H3,(H,25,26). The molecule has 0 aliphatic carbocycles. The summed E-state index contributed by atoms with van der Waals surface area (Å²) in [6.07, 6.45) is 3.44. The van der Waals surface area contributed by atoms with Crippen molar-refractivity contribution in [2.75, 3.05) is 5.32 Å². The van der Waals surface area contributed by atoms with E-state index in [1.165, 1.54) is 24.0 Å². The SMILES string of the molecule is CCCCc1ccc(NC(=O)c2ccc(Oc3ccc(C)cc3)cc2)cc1. The fraction of sp³-hybridized carbons (Fsp3) is 0.208. The third-order valence-corrected chi connectivity index (χ3v) is 4.40. The molecule has 0 saturated heterocycles. The van der Waals surface area contributed by atoms with Gasteiger partial charge in [0, 0.05) is 11.3 Å². The van der Waals surface area contributed by atoms with Crippen LogP contribution in [-0.4, -0.2) is 5.91 Å². The molecule has 1 amide bonds. The molecule has 27 heavy (non-hydrogen) atoms. The quantitative estimate of drug-likeness (QED) is 0.531. The van der Waals surface area contributed by atoms with Crippen LogP contribution in [0, 0.1) is 6.92 Å². The van der Waals surface area contributed by atoms with Gasteiger partial charge in [-0.2, -0.15) is 0 Å². The van der Waals surface area contributed by atoms with Gasteiger partial charge in [-0.1, -0.05) is 43.2 Å². The van der Waals surface area contributed by atoms with Gasteiger partial charge in [-0.15, -0.1) is 0 Å². The van der Waals surface area contributed by atoms with E-state index in [2.05, 4.69) is 24.4 Å². The second-order valence-electron chi connectivity index (χ2n) is 6.69. The van der Waals surface area contributed by atoms with Gasteiger partial charge in [-0.25, -0.2) is 0 Å². The zero-order chi connectivity index (χ0) is 19.1. The van der Waals surface area contributed by atoms with Crippen molar-refractivity contribution in [3.8, 4) is 11.5 Å². The van der Waals surface area contributed by atoms with Gasteiger partial charge < -0.3 is 10.1 Å². The van der Waals surface area contributed by atoms with Crippen LogP contribution in [-0.2, 0) is 6.42 Å². The Hall–Kier alpha value is -3.07. The van der Waals surface area contributed by atoms with Crippen LogP contribution in [0.2, 0.25) is 0 Å². The lowest BCUT2D eigenvalue weighted by Gasteiger charge is -2.09. The zero-order valence-electron chi connectivity index (χ0n) is 15.9. The maximum Gasteiger partial charge on any atom is 0.255 e. The number of carbonyl (C=O) groups is 1. The minimum absolute atomic E-state index is 0.127. The number of hydrogen-bond acceptors (Lipinski definition) is 2. The van der Waals surface area contributed by atoms with Gasteiger partial charge in [0.25, 0.3) is 5.91 Å². The molecular formula is C24H25NO2. The van der Waals surface area contributed by atoms with Crippen molar-refractivity contribution in [3.05, 3.63) is 89.5 Å². The molecule has 3 aromatic rings. The number of ether oxygens (including phenoxy) is 1. The molecule has 3 nitrogen and oxygen atoms in total. The Labute approximate surface area is 161 Å². The number of aryl methyl sites for hydroxylation is 2. The maximum absolute atomic E-state index is 12.4. The topological polar surface area (TPSA) is 38.3 Å². The van der Waals surface area contributed by atoms with Gasteiger partial charge in [0.05, 0.1) is 0 Å². The third-order valence-electron chi connectivity index (χ3n) is 4.40. The van der Waals surface area contributed by atoms with E-state index in [0.717, 1.165) is 17.9 Å². The van der Waals surface area contributed by atoms with Crippen LogP contribution in [0.25, 0.3) is 0 Å². The Morgan fingerprint density at radius 1 is 0.852 bits per heavy atom. The summed E-state index contributed by atoms with van der Waals surface area (Å²) in [7, 11) is 0. The highest BCUT2D eigenvalue weighted by Crippen LogP contribution is 2.22. The minimum Gasteiger partial charge on any atom is -0.457 e. The fourth-order valence-electron chi connectivity index (χ4n) is 2.76. The Bertz CT molecular complexity index is 866. The molecule has 1 N–H and O–H groups in total. The number of hydrogen-bond donors (Lipinski definition) is 1. The summed E-state index contributed by atoms with van der Waals surface area (Å²) >= 11 is 0. The molecule has 0 saturated carbocycles. The summed E-state index contributed by atoms with van der Waals surface area (Å²) in [5.74, 6) is 1.36. The van der Waals surface area contributed by atoms with Gasteiger partial charge in [-0.05, 0) is 73.9 Å². The Kier molecular flexibility index (Phi) is 6.26. The Balaban J connectivity index is 1.59. The number of anilines is 1. The van der Waals surface area contributed by atoms with Gasteiger partial charge in [0.1, 0.15) is 11.5 Å². The summed E-state index contributed by atoms with van der Waals surface area (Å²) < 4.78 is 5.80. The van der Waals surface area contributed by atoms with E-state index in [9.17, 15) is 4.79 Å². The average molecular weight is 359 g/mol. The summed E-state index contributed by atoms with van der Waals surface area (Å²) in [6.45, 7) is 4.22. The molecule has 0 heterocycles. The highest BCUT2D eigenvalue weighted by molar-refractivity contribution is 6.04. The predicted octanol–water partition coefficient (Wildman–Crippen LogP) is 6.38. The van der Waals surface area contributed by atoms with Gasteiger partial charge in [-0.3, -0.25) is 4.79 Å². The van der Waals surface area contributed by atoms with E-state index in [4.69, 9.17) is 4.74 Å². The lowest BCUT2D eigenvalue weighted by molar-refractivity contribution is 0.102. The van der Waals surface area contributed by atoms with Crippen molar-refractivity contribution in [1.29, 1.82) is 0 Å². The number of amides is 1. The van der Waals surface area contributed by atoms with E-state index >= 15 is 0 Å². The Morgan fingerprint density at radius 3 is 2.04 bits per heavy atom. The van der Waals surface area contributed by atoms with Crippen LogP contribution in [0.3, 0.4) is 0 Å². The first-order valence-corrected chi connectivity index (χ1v) is 9.39. The largest absolute Gasteiger partial charge is 0.457 e. The number of unbranched alkanes of at least 4 members (excludes halogenated alkanes) is 1. The predicted molar refractivity (Wildman–Crippen MR) is 111 cm³/mol. The van der Waals surface area contributed by atoms with Crippen molar-refractivity contribution < 1.29 is 9.53 Å². The van der Waals surface area contributed by atoms with E-state index in [1.807, 2.05) is 55.5 Å². The lowest BCUT2D eigenvalue weighted by Crippen LogP contribution is -2.11. The van der Waals surface area contributed by atoms with E-state index in [0.29, 0.717) is 11.3 Å². The van der Waals surface area contributed by atoms with Crippen molar-refractivity contribution in [2.24, 2.45) is 0 Å². The number of rotatable bonds is 7. The Morgan fingerprint density at radius 2 is 1.44 bits per heavy atom. The van der Waals surface area contributed by atoms with Crippen LogP contribution in [0.5, 0.6) is 11.5 Å². The van der Waals surface area contributed by atoms with Gasteiger partial charge in [0.15, 0.2) is 0 Å². The van der Waals surface area contributed by atoms with Gasteiger partial charge >= 0.3 is 0 Å². The molecule has 0 spiro atoms. The van der Waals surface area contributed by atoms with Crippen LogP contribution in [0.4, 0.5) is 5.69 Å². The molecule has 0 aliphatic heterocycles. The second-order valence-corrected chi connectivity index (χ2v) is 6.69. The van der Waals surface area contributed by atoms with E-state index in [-0.39, 0.29) is 5.91 Å². The van der Waals surface area contributed by atoms with Crippen LogP contribution in [0.15, 0.2) is 72.8 Å². The van der Waals surface area contributed by atoms with Crippen molar-refractivity contribution in [1.82, 2.24) is 0 Å². The zero-order valence-corrected chi connectivity index (χ0v) is 15.9. The molecule has 138 valence electrons. The molecule has 3 aromatic carbocycles. The highest BCUT2D eigenvalue weighted by atomic mass is 16.5. The average Bonchev–Trinajstić information content (AvgIpc) is 2.70. The summed E-state index contributed by atoms with van der Waals surface area (Å²) in [5, 5.41) is 2.94. The molecule has 0 bridgehead atoms. The maximum atomic E-state index is 12.4. The molecule has 0 atom stereocenters. The fourth-order valence-corrected chi connectivity index (χ4v) is 2.76. The first-order valence-electron chi connectivity index (χ1n) is 9.39. The number of carbonyl (C=O) groups excluding carboxylic acids is 1. The first-order chi connectivity index (χ1) is 13.1. The smallest absolute Gasteiger partial charge is 0.255 e. The lowest BCUT2D eigenvalue weighted by atomic mass is 10.1.